The summed E-state index contributed by atoms with van der Waals surface area (Å²) in [4.78, 5) is 15.0. The molecular formula is C21H26N2O4S. The minimum atomic E-state index is -3.32. The van der Waals surface area contributed by atoms with E-state index in [9.17, 15) is 13.2 Å². The van der Waals surface area contributed by atoms with E-state index in [1.54, 1.807) is 24.3 Å². The lowest BCUT2D eigenvalue weighted by Gasteiger charge is -2.27. The van der Waals surface area contributed by atoms with Gasteiger partial charge in [0, 0.05) is 18.8 Å². The Morgan fingerprint density at radius 3 is 2.46 bits per heavy atom. The number of sulfonamides is 1. The number of para-hydroxylation sites is 1. The summed E-state index contributed by atoms with van der Waals surface area (Å²) in [6.45, 7) is 3.96. The molecule has 1 aliphatic heterocycles. The molecule has 0 fully saturated rings. The van der Waals surface area contributed by atoms with Crippen LogP contribution in [0.25, 0.3) is 0 Å². The van der Waals surface area contributed by atoms with Crippen molar-refractivity contribution in [2.45, 2.75) is 38.8 Å². The molecule has 2 atom stereocenters. The van der Waals surface area contributed by atoms with Crippen molar-refractivity contribution in [2.75, 3.05) is 22.5 Å². The predicted molar refractivity (Wildman–Crippen MR) is 111 cm³/mol. The molecule has 2 aromatic rings. The van der Waals surface area contributed by atoms with Gasteiger partial charge in [0.25, 0.3) is 5.91 Å². The Balaban J connectivity index is 1.77. The van der Waals surface area contributed by atoms with Gasteiger partial charge in [0.05, 0.1) is 11.9 Å². The van der Waals surface area contributed by atoms with Gasteiger partial charge >= 0.3 is 0 Å². The summed E-state index contributed by atoms with van der Waals surface area (Å²) in [5, 5.41) is 0. The van der Waals surface area contributed by atoms with Crippen LogP contribution in [0, 0.1) is 0 Å². The Morgan fingerprint density at radius 2 is 1.86 bits per heavy atom. The largest absolute Gasteiger partial charge is 0.481 e. The number of carbonyl (C=O) groups excluding carboxylic acids is 1. The quantitative estimate of drug-likeness (QED) is 0.744. The lowest BCUT2D eigenvalue weighted by atomic mass is 10.1. The molecule has 7 heteroatoms. The average molecular weight is 403 g/mol. The molecule has 0 saturated heterocycles. The minimum Gasteiger partial charge on any atom is -0.481 e. The standard InChI is InChI=1S/C21H26N2O4S/c1-5-20(21(24)23-15(2)14-16-8-6-7-9-19(16)23)27-18-12-10-17(11-13-18)22(3)28(4,25)26/h6-13,15,20H,5,14H2,1-4H3/t15-,20+/m0/s1. The lowest BCUT2D eigenvalue weighted by Crippen LogP contribution is -2.44. The molecule has 2 aromatic carbocycles. The highest BCUT2D eigenvalue weighted by Gasteiger charge is 2.35. The van der Waals surface area contributed by atoms with Crippen molar-refractivity contribution in [3.8, 4) is 5.75 Å². The topological polar surface area (TPSA) is 66.9 Å². The van der Waals surface area contributed by atoms with E-state index in [0.29, 0.717) is 17.9 Å². The van der Waals surface area contributed by atoms with Crippen molar-refractivity contribution in [1.82, 2.24) is 0 Å². The fourth-order valence-electron chi connectivity index (χ4n) is 3.46. The van der Waals surface area contributed by atoms with E-state index in [0.717, 1.165) is 18.4 Å². The van der Waals surface area contributed by atoms with E-state index < -0.39 is 16.1 Å². The smallest absolute Gasteiger partial charge is 0.268 e. The van der Waals surface area contributed by atoms with Crippen LogP contribution < -0.4 is 13.9 Å². The number of hydrogen-bond donors (Lipinski definition) is 0. The van der Waals surface area contributed by atoms with Gasteiger partial charge in [-0.3, -0.25) is 9.10 Å². The van der Waals surface area contributed by atoms with Crippen molar-refractivity contribution in [2.24, 2.45) is 0 Å². The summed E-state index contributed by atoms with van der Waals surface area (Å²) in [6, 6.07) is 14.8. The highest BCUT2D eigenvalue weighted by atomic mass is 32.2. The summed E-state index contributed by atoms with van der Waals surface area (Å²) < 4.78 is 30.5. The van der Waals surface area contributed by atoms with Crippen LogP contribution in [-0.2, 0) is 21.2 Å². The zero-order valence-electron chi connectivity index (χ0n) is 16.6. The molecule has 28 heavy (non-hydrogen) atoms. The summed E-state index contributed by atoms with van der Waals surface area (Å²) in [7, 11) is -1.83. The Bertz CT molecular complexity index is 957. The maximum absolute atomic E-state index is 13.2. The van der Waals surface area contributed by atoms with E-state index in [2.05, 4.69) is 6.07 Å². The second-order valence-electron chi connectivity index (χ2n) is 7.13. The second kappa shape index (κ2) is 7.83. The first kappa shape index (κ1) is 20.2. The number of hydrogen-bond acceptors (Lipinski definition) is 4. The van der Waals surface area contributed by atoms with Gasteiger partial charge in [0.2, 0.25) is 10.0 Å². The highest BCUT2D eigenvalue weighted by Crippen LogP contribution is 2.33. The monoisotopic (exact) mass is 402 g/mol. The van der Waals surface area contributed by atoms with Gasteiger partial charge < -0.3 is 9.64 Å². The fourth-order valence-corrected chi connectivity index (χ4v) is 3.96. The van der Waals surface area contributed by atoms with Crippen LogP contribution in [0.2, 0.25) is 0 Å². The van der Waals surface area contributed by atoms with Crippen molar-refractivity contribution in [3.63, 3.8) is 0 Å². The molecule has 0 aromatic heterocycles. The number of carbonyl (C=O) groups is 1. The van der Waals surface area contributed by atoms with Crippen molar-refractivity contribution in [3.05, 3.63) is 54.1 Å². The summed E-state index contributed by atoms with van der Waals surface area (Å²) in [6.07, 6.45) is 1.92. The minimum absolute atomic E-state index is 0.0581. The highest BCUT2D eigenvalue weighted by molar-refractivity contribution is 7.92. The maximum Gasteiger partial charge on any atom is 0.268 e. The molecule has 0 N–H and O–H groups in total. The molecule has 0 bridgehead atoms. The number of amides is 1. The predicted octanol–water partition coefficient (Wildman–Crippen LogP) is 3.22. The lowest BCUT2D eigenvalue weighted by molar-refractivity contribution is -0.125. The first-order valence-electron chi connectivity index (χ1n) is 9.34. The number of benzene rings is 2. The zero-order valence-corrected chi connectivity index (χ0v) is 17.4. The SMILES string of the molecule is CC[C@@H](Oc1ccc(N(C)S(C)(=O)=O)cc1)C(=O)N1c2ccccc2C[C@@H]1C. The van der Waals surface area contributed by atoms with Gasteiger partial charge in [-0.25, -0.2) is 8.42 Å². The van der Waals surface area contributed by atoms with Crippen LogP contribution in [-0.4, -0.2) is 39.8 Å². The van der Waals surface area contributed by atoms with Crippen molar-refractivity contribution in [1.29, 1.82) is 0 Å². The van der Waals surface area contributed by atoms with Crippen molar-refractivity contribution < 1.29 is 17.9 Å². The third-order valence-electron chi connectivity index (χ3n) is 5.07. The Hall–Kier alpha value is -2.54. The molecule has 1 amide bonds. The maximum atomic E-state index is 13.2. The van der Waals surface area contributed by atoms with Crippen LogP contribution in [0.1, 0.15) is 25.8 Å². The van der Waals surface area contributed by atoms with Gasteiger partial charge in [0.1, 0.15) is 5.75 Å². The Labute approximate surface area is 166 Å². The summed E-state index contributed by atoms with van der Waals surface area (Å²) in [5.74, 6) is 0.475. The summed E-state index contributed by atoms with van der Waals surface area (Å²) in [5.41, 5.74) is 2.66. The van der Waals surface area contributed by atoms with Crippen molar-refractivity contribution >= 4 is 27.3 Å². The fraction of sp³-hybridized carbons (Fsp3) is 0.381. The molecule has 0 aliphatic carbocycles. The number of rotatable bonds is 6. The van der Waals surface area contributed by atoms with Gasteiger partial charge in [-0.05, 0) is 55.7 Å². The molecule has 1 aliphatic rings. The van der Waals surface area contributed by atoms with Gasteiger partial charge in [0.15, 0.2) is 6.10 Å². The van der Waals surface area contributed by atoms with Crippen LogP contribution >= 0.6 is 0 Å². The molecule has 0 saturated carbocycles. The van der Waals surface area contributed by atoms with Crippen LogP contribution in [0.5, 0.6) is 5.75 Å². The van der Waals surface area contributed by atoms with E-state index in [4.69, 9.17) is 4.74 Å². The van der Waals surface area contributed by atoms with Crippen LogP contribution in [0.4, 0.5) is 11.4 Å². The van der Waals surface area contributed by atoms with E-state index in [1.165, 1.54) is 16.9 Å². The molecule has 0 unspecified atom stereocenters. The molecule has 1 heterocycles. The first-order chi connectivity index (χ1) is 13.2. The van der Waals surface area contributed by atoms with E-state index in [1.807, 2.05) is 36.9 Å². The number of fused-ring (bicyclic) bond motifs is 1. The number of ether oxygens (including phenoxy) is 1. The molecular weight excluding hydrogens is 376 g/mol. The first-order valence-corrected chi connectivity index (χ1v) is 11.2. The van der Waals surface area contributed by atoms with Gasteiger partial charge in [-0.15, -0.1) is 0 Å². The van der Waals surface area contributed by atoms with Crippen LogP contribution in [0.15, 0.2) is 48.5 Å². The average Bonchev–Trinajstić information content (AvgIpc) is 3.00. The molecule has 0 radical (unpaired) electrons. The third kappa shape index (κ3) is 3.99. The molecule has 3 rings (SSSR count). The molecule has 150 valence electrons. The third-order valence-corrected chi connectivity index (χ3v) is 6.27. The Kier molecular flexibility index (Phi) is 5.65. The normalized spacial score (nSPS) is 17.1. The van der Waals surface area contributed by atoms with Crippen LogP contribution in [0.3, 0.4) is 0 Å². The second-order valence-corrected chi connectivity index (χ2v) is 9.14. The molecule has 0 spiro atoms. The number of nitrogens with zero attached hydrogens (tertiary/aromatic N) is 2. The van der Waals surface area contributed by atoms with Gasteiger partial charge in [-0.2, -0.15) is 0 Å². The Morgan fingerprint density at radius 1 is 1.21 bits per heavy atom. The van der Waals surface area contributed by atoms with E-state index >= 15 is 0 Å². The zero-order chi connectivity index (χ0) is 20.5. The molecule has 6 nitrogen and oxygen atoms in total. The van der Waals surface area contributed by atoms with Gasteiger partial charge in [-0.1, -0.05) is 25.1 Å². The summed E-state index contributed by atoms with van der Waals surface area (Å²) >= 11 is 0. The number of anilines is 2. The van der Waals surface area contributed by atoms with E-state index in [-0.39, 0.29) is 11.9 Å².